The maximum absolute atomic E-state index is 10.6. The lowest BCUT2D eigenvalue weighted by Gasteiger charge is -1.97. The van der Waals surface area contributed by atoms with Crippen LogP contribution < -0.4 is 0 Å². The van der Waals surface area contributed by atoms with Crippen LogP contribution in [-0.4, -0.2) is 16.5 Å². The van der Waals surface area contributed by atoms with Crippen LogP contribution in [0.5, 0.6) is 0 Å². The molecule has 0 saturated heterocycles. The molecule has 0 saturated carbocycles. The lowest BCUT2D eigenvalue weighted by molar-refractivity contribution is 0.563. The lowest BCUT2D eigenvalue weighted by atomic mass is 10.1. The second-order valence-corrected chi connectivity index (χ2v) is 2.61. The number of aromatic amines is 1. The van der Waals surface area contributed by atoms with E-state index in [9.17, 15) is 4.79 Å². The summed E-state index contributed by atoms with van der Waals surface area (Å²) in [5, 5.41) is 6.69. The van der Waals surface area contributed by atoms with Crippen molar-refractivity contribution in [2.45, 2.75) is 0 Å². The minimum absolute atomic E-state index is 0.537. The number of nitrogens with one attached hydrogen (secondary N) is 1. The molecule has 0 unspecified atom stereocenters. The third-order valence-electron chi connectivity index (χ3n) is 1.81. The van der Waals surface area contributed by atoms with Crippen LogP contribution in [0.2, 0.25) is 0 Å². The van der Waals surface area contributed by atoms with Gasteiger partial charge in [0.2, 0.25) is 6.29 Å². The highest BCUT2D eigenvalue weighted by Gasteiger charge is 2.04. The molecule has 1 radical (unpaired) electrons. The van der Waals surface area contributed by atoms with E-state index in [-0.39, 0.29) is 0 Å². The van der Waals surface area contributed by atoms with E-state index in [0.29, 0.717) is 5.56 Å². The molecule has 1 heterocycles. The summed E-state index contributed by atoms with van der Waals surface area (Å²) in [4.78, 5) is 10.6. The van der Waals surface area contributed by atoms with E-state index in [1.165, 1.54) is 0 Å². The van der Waals surface area contributed by atoms with Gasteiger partial charge in [-0.3, -0.25) is 9.89 Å². The summed E-state index contributed by atoms with van der Waals surface area (Å²) in [5.41, 5.74) is 2.10. The first-order valence-corrected chi connectivity index (χ1v) is 3.89. The monoisotopic (exact) mass is 171 g/mol. The average Bonchev–Trinajstić information content (AvgIpc) is 2.70. The number of carbonyl (C=O) groups excluding carboxylic acids is 1. The van der Waals surface area contributed by atoms with Gasteiger partial charge in [-0.2, -0.15) is 5.10 Å². The van der Waals surface area contributed by atoms with E-state index in [0.717, 1.165) is 11.3 Å². The van der Waals surface area contributed by atoms with Gasteiger partial charge >= 0.3 is 0 Å². The highest BCUT2D eigenvalue weighted by Crippen LogP contribution is 2.18. The number of hydrogen-bond acceptors (Lipinski definition) is 2. The Hall–Kier alpha value is -1.90. The molecule has 0 amide bonds. The van der Waals surface area contributed by atoms with Crippen LogP contribution in [0.25, 0.3) is 11.3 Å². The molecular weight excluding hydrogens is 164 g/mol. The first-order valence-electron chi connectivity index (χ1n) is 3.89. The summed E-state index contributed by atoms with van der Waals surface area (Å²) in [6.45, 7) is 0. The summed E-state index contributed by atoms with van der Waals surface area (Å²) in [6.07, 6.45) is 3.60. The maximum Gasteiger partial charge on any atom is 0.234 e. The SMILES string of the molecule is O=[C]c1ccccc1-c1cc[nH]n1. The fourth-order valence-electron chi connectivity index (χ4n) is 1.21. The Kier molecular flexibility index (Phi) is 1.92. The smallest absolute Gasteiger partial charge is 0.234 e. The minimum atomic E-state index is 0.537. The number of H-pyrrole nitrogens is 1. The third-order valence-corrected chi connectivity index (χ3v) is 1.81. The molecule has 3 heteroatoms. The quantitative estimate of drug-likeness (QED) is 0.744. The fraction of sp³-hybridized carbons (Fsp3) is 0. The molecule has 0 fully saturated rings. The molecule has 0 aliphatic carbocycles. The predicted molar refractivity (Wildman–Crippen MR) is 48.8 cm³/mol. The molecule has 0 aliphatic heterocycles. The van der Waals surface area contributed by atoms with Crippen molar-refractivity contribution >= 4 is 6.29 Å². The van der Waals surface area contributed by atoms with Crippen molar-refractivity contribution in [2.75, 3.05) is 0 Å². The highest BCUT2D eigenvalue weighted by molar-refractivity contribution is 5.86. The second-order valence-electron chi connectivity index (χ2n) is 2.61. The maximum atomic E-state index is 10.6. The minimum Gasteiger partial charge on any atom is -0.285 e. The van der Waals surface area contributed by atoms with Gasteiger partial charge in [0.15, 0.2) is 0 Å². The topological polar surface area (TPSA) is 45.8 Å². The molecule has 0 atom stereocenters. The molecule has 2 rings (SSSR count). The van der Waals surface area contributed by atoms with E-state index in [4.69, 9.17) is 0 Å². The molecule has 1 aromatic carbocycles. The van der Waals surface area contributed by atoms with Crippen molar-refractivity contribution in [1.29, 1.82) is 0 Å². The Morgan fingerprint density at radius 2 is 2.08 bits per heavy atom. The van der Waals surface area contributed by atoms with Crippen LogP contribution in [0.3, 0.4) is 0 Å². The average molecular weight is 171 g/mol. The van der Waals surface area contributed by atoms with Crippen LogP contribution in [0.1, 0.15) is 5.56 Å². The van der Waals surface area contributed by atoms with Gasteiger partial charge in [0.25, 0.3) is 0 Å². The molecule has 1 N–H and O–H groups in total. The van der Waals surface area contributed by atoms with Gasteiger partial charge in [-0.1, -0.05) is 24.3 Å². The van der Waals surface area contributed by atoms with E-state index >= 15 is 0 Å². The number of nitrogens with zero attached hydrogens (tertiary/aromatic N) is 1. The molecule has 2 aromatic rings. The Morgan fingerprint density at radius 1 is 1.23 bits per heavy atom. The first kappa shape index (κ1) is 7.73. The van der Waals surface area contributed by atoms with E-state index in [1.807, 2.05) is 24.5 Å². The van der Waals surface area contributed by atoms with Crippen molar-refractivity contribution in [3.05, 3.63) is 42.1 Å². The number of hydrogen-bond donors (Lipinski definition) is 1. The second kappa shape index (κ2) is 3.23. The Bertz CT molecular complexity index is 407. The molecule has 13 heavy (non-hydrogen) atoms. The van der Waals surface area contributed by atoms with Crippen molar-refractivity contribution in [2.24, 2.45) is 0 Å². The van der Waals surface area contributed by atoms with Crippen LogP contribution in [-0.2, 0) is 4.79 Å². The van der Waals surface area contributed by atoms with Crippen molar-refractivity contribution in [3.8, 4) is 11.3 Å². The van der Waals surface area contributed by atoms with Gasteiger partial charge in [0.1, 0.15) is 0 Å². The molecule has 0 spiro atoms. The largest absolute Gasteiger partial charge is 0.285 e. The summed E-state index contributed by atoms with van der Waals surface area (Å²) in [5.74, 6) is 0. The van der Waals surface area contributed by atoms with Gasteiger partial charge in [-0.15, -0.1) is 0 Å². The third kappa shape index (κ3) is 1.36. The summed E-state index contributed by atoms with van der Waals surface area (Å²) in [7, 11) is 0. The van der Waals surface area contributed by atoms with Gasteiger partial charge in [-0.05, 0) is 6.07 Å². The molecule has 1 aromatic heterocycles. The molecule has 63 valence electrons. The Balaban J connectivity index is 2.57. The van der Waals surface area contributed by atoms with Crippen LogP contribution in [0.4, 0.5) is 0 Å². The van der Waals surface area contributed by atoms with Gasteiger partial charge in [0.05, 0.1) is 5.69 Å². The fourth-order valence-corrected chi connectivity index (χ4v) is 1.21. The number of benzene rings is 1. The van der Waals surface area contributed by atoms with Gasteiger partial charge < -0.3 is 0 Å². The predicted octanol–water partition coefficient (Wildman–Crippen LogP) is 1.53. The van der Waals surface area contributed by atoms with Crippen LogP contribution in [0.15, 0.2) is 36.5 Å². The van der Waals surface area contributed by atoms with E-state index in [1.54, 1.807) is 18.3 Å². The first-order chi connectivity index (χ1) is 6.42. The van der Waals surface area contributed by atoms with Crippen molar-refractivity contribution in [3.63, 3.8) is 0 Å². The molecular formula is C10H7N2O. The van der Waals surface area contributed by atoms with Crippen LogP contribution >= 0.6 is 0 Å². The number of aromatic nitrogens is 2. The molecule has 0 bridgehead atoms. The molecule has 3 nitrogen and oxygen atoms in total. The number of rotatable bonds is 2. The van der Waals surface area contributed by atoms with Gasteiger partial charge in [-0.25, -0.2) is 0 Å². The van der Waals surface area contributed by atoms with E-state index in [2.05, 4.69) is 10.2 Å². The van der Waals surface area contributed by atoms with Gasteiger partial charge in [0, 0.05) is 17.3 Å². The normalized spacial score (nSPS) is 9.85. The summed E-state index contributed by atoms with van der Waals surface area (Å²) in [6, 6.07) is 9.05. The highest BCUT2D eigenvalue weighted by atomic mass is 16.1. The lowest BCUT2D eigenvalue weighted by Crippen LogP contribution is -1.86. The summed E-state index contributed by atoms with van der Waals surface area (Å²) < 4.78 is 0. The Labute approximate surface area is 75.4 Å². The van der Waals surface area contributed by atoms with Crippen molar-refractivity contribution in [1.82, 2.24) is 10.2 Å². The molecule has 0 aliphatic rings. The van der Waals surface area contributed by atoms with Crippen LogP contribution in [0, 0.1) is 0 Å². The zero-order valence-electron chi connectivity index (χ0n) is 6.82. The summed E-state index contributed by atoms with van der Waals surface area (Å²) >= 11 is 0. The standard InChI is InChI=1S/C10H7N2O/c13-7-8-3-1-2-4-9(8)10-5-6-11-12-10/h1-6H,(H,11,12). The zero-order valence-corrected chi connectivity index (χ0v) is 6.82. The Morgan fingerprint density at radius 3 is 2.77 bits per heavy atom. The zero-order chi connectivity index (χ0) is 9.10. The van der Waals surface area contributed by atoms with Crippen molar-refractivity contribution < 1.29 is 4.79 Å². The van der Waals surface area contributed by atoms with E-state index < -0.39 is 0 Å².